The molecule has 2 aromatic carbocycles. The summed E-state index contributed by atoms with van der Waals surface area (Å²) in [7, 11) is -3.91. The second kappa shape index (κ2) is 8.98. The van der Waals surface area contributed by atoms with Gasteiger partial charge in [0.2, 0.25) is 10.0 Å². The van der Waals surface area contributed by atoms with Crippen molar-refractivity contribution in [2.75, 3.05) is 13.2 Å². The zero-order chi connectivity index (χ0) is 23.0. The van der Waals surface area contributed by atoms with E-state index in [0.717, 1.165) is 34.9 Å². The monoisotopic (exact) mass is 474 g/mol. The van der Waals surface area contributed by atoms with Crippen LogP contribution in [0.2, 0.25) is 5.02 Å². The number of hydrogen-bond acceptors (Lipinski definition) is 4. The maximum absolute atomic E-state index is 13.7. The van der Waals surface area contributed by atoms with Crippen LogP contribution in [0, 0.1) is 20.8 Å². The lowest BCUT2D eigenvalue weighted by Gasteiger charge is -2.25. The molecule has 0 spiro atoms. The van der Waals surface area contributed by atoms with Crippen LogP contribution in [-0.2, 0) is 21.3 Å². The summed E-state index contributed by atoms with van der Waals surface area (Å²) in [5.41, 5.74) is 3.52. The molecule has 1 aromatic heterocycles. The van der Waals surface area contributed by atoms with Gasteiger partial charge in [-0.1, -0.05) is 29.3 Å². The lowest BCUT2D eigenvalue weighted by Crippen LogP contribution is -2.38. The molecule has 1 fully saturated rings. The van der Waals surface area contributed by atoms with Gasteiger partial charge in [-0.3, -0.25) is 4.79 Å². The third-order valence-electron chi connectivity index (χ3n) is 5.92. The van der Waals surface area contributed by atoms with E-state index in [1.54, 1.807) is 25.1 Å². The maximum atomic E-state index is 13.7. The number of H-pyrrole nitrogens is 1. The minimum absolute atomic E-state index is 0.0492. The Labute approximate surface area is 193 Å². The van der Waals surface area contributed by atoms with Crippen molar-refractivity contribution >= 4 is 32.5 Å². The standard InChI is InChI=1S/C24H27ClN2O4S/c1-15-9-17(3)23-18(10-15)11-19(24(28)26-23)13-27(14-21-5-4-8-31-21)32(29,30)22-12-20(25)7-6-16(22)2/h6-7,9-12,21H,4-5,8,13-14H2,1-3H3,(H,26,28)/t21-/m0/s1. The normalized spacial score (nSPS) is 16.8. The van der Waals surface area contributed by atoms with Gasteiger partial charge in [-0.15, -0.1) is 0 Å². The van der Waals surface area contributed by atoms with E-state index in [0.29, 0.717) is 22.8 Å². The van der Waals surface area contributed by atoms with E-state index in [4.69, 9.17) is 16.3 Å². The van der Waals surface area contributed by atoms with Crippen LogP contribution in [0.5, 0.6) is 0 Å². The predicted molar refractivity (Wildman–Crippen MR) is 127 cm³/mol. The maximum Gasteiger partial charge on any atom is 0.252 e. The molecule has 8 heteroatoms. The molecule has 0 saturated carbocycles. The Hall–Kier alpha value is -2.19. The SMILES string of the molecule is Cc1cc(C)c2[nH]c(=O)c(CN(C[C@@H]3CCCO3)S(=O)(=O)c3cc(Cl)ccc3C)cc2c1. The molecule has 0 unspecified atom stereocenters. The highest BCUT2D eigenvalue weighted by molar-refractivity contribution is 7.89. The van der Waals surface area contributed by atoms with Crippen molar-refractivity contribution in [3.63, 3.8) is 0 Å². The Balaban J connectivity index is 1.78. The number of nitrogens with zero attached hydrogens (tertiary/aromatic N) is 1. The number of aromatic nitrogens is 1. The van der Waals surface area contributed by atoms with Gasteiger partial charge in [0.1, 0.15) is 0 Å². The highest BCUT2D eigenvalue weighted by Crippen LogP contribution is 2.27. The van der Waals surface area contributed by atoms with Crippen molar-refractivity contribution in [3.05, 3.63) is 74.0 Å². The number of fused-ring (bicyclic) bond motifs is 1. The van der Waals surface area contributed by atoms with Crippen LogP contribution in [0.4, 0.5) is 0 Å². The lowest BCUT2D eigenvalue weighted by atomic mass is 10.1. The fraction of sp³-hybridized carbons (Fsp3) is 0.375. The van der Waals surface area contributed by atoms with Crippen LogP contribution in [0.25, 0.3) is 10.9 Å². The smallest absolute Gasteiger partial charge is 0.252 e. The first kappa shape index (κ1) is 23.0. The van der Waals surface area contributed by atoms with Crippen LogP contribution in [0.1, 0.15) is 35.1 Å². The first-order valence-corrected chi connectivity index (χ1v) is 12.5. The van der Waals surface area contributed by atoms with Crippen molar-refractivity contribution in [2.45, 2.75) is 51.2 Å². The van der Waals surface area contributed by atoms with Gasteiger partial charge in [0.05, 0.1) is 16.5 Å². The zero-order valence-electron chi connectivity index (χ0n) is 18.4. The van der Waals surface area contributed by atoms with E-state index in [1.165, 1.54) is 10.4 Å². The predicted octanol–water partition coefficient (Wildman–Crippen LogP) is 4.48. The zero-order valence-corrected chi connectivity index (χ0v) is 20.0. The van der Waals surface area contributed by atoms with Crippen molar-refractivity contribution in [2.24, 2.45) is 0 Å². The van der Waals surface area contributed by atoms with E-state index in [9.17, 15) is 13.2 Å². The number of benzene rings is 2. The largest absolute Gasteiger partial charge is 0.377 e. The molecule has 4 rings (SSSR count). The number of sulfonamides is 1. The molecule has 32 heavy (non-hydrogen) atoms. The minimum Gasteiger partial charge on any atom is -0.377 e. The number of nitrogens with one attached hydrogen (secondary N) is 1. The number of ether oxygens (including phenoxy) is 1. The summed E-state index contributed by atoms with van der Waals surface area (Å²) in [6.07, 6.45) is 1.48. The third-order valence-corrected chi connectivity index (χ3v) is 8.10. The molecule has 1 atom stereocenters. The Kier molecular flexibility index (Phi) is 6.45. The topological polar surface area (TPSA) is 79.5 Å². The number of halogens is 1. The summed E-state index contributed by atoms with van der Waals surface area (Å²) < 4.78 is 34.4. The Morgan fingerprint density at radius 2 is 1.91 bits per heavy atom. The Morgan fingerprint density at radius 3 is 2.62 bits per heavy atom. The van der Waals surface area contributed by atoms with Gasteiger partial charge in [0.25, 0.3) is 5.56 Å². The van der Waals surface area contributed by atoms with Crippen molar-refractivity contribution in [1.82, 2.24) is 9.29 Å². The average Bonchev–Trinajstić information content (AvgIpc) is 3.23. The molecular formula is C24H27ClN2O4S. The van der Waals surface area contributed by atoms with Crippen LogP contribution in [0.15, 0.2) is 46.1 Å². The first-order chi connectivity index (χ1) is 15.1. The highest BCUT2D eigenvalue weighted by Gasteiger charge is 2.31. The molecule has 0 amide bonds. The molecule has 0 radical (unpaired) electrons. The number of hydrogen-bond donors (Lipinski definition) is 1. The second-order valence-electron chi connectivity index (χ2n) is 8.51. The van der Waals surface area contributed by atoms with Gasteiger partial charge in [-0.05, 0) is 74.4 Å². The molecule has 3 aromatic rings. The molecule has 6 nitrogen and oxygen atoms in total. The quantitative estimate of drug-likeness (QED) is 0.571. The molecular weight excluding hydrogens is 448 g/mol. The molecule has 0 bridgehead atoms. The highest BCUT2D eigenvalue weighted by atomic mass is 35.5. The fourth-order valence-corrected chi connectivity index (χ4v) is 6.23. The van der Waals surface area contributed by atoms with Gasteiger partial charge in [-0.2, -0.15) is 4.31 Å². The number of aryl methyl sites for hydroxylation is 3. The fourth-order valence-electron chi connectivity index (χ4n) is 4.29. The summed E-state index contributed by atoms with van der Waals surface area (Å²) in [6, 6.07) is 10.6. The molecule has 0 aliphatic carbocycles. The van der Waals surface area contributed by atoms with Gasteiger partial charge in [0, 0.05) is 30.3 Å². The van der Waals surface area contributed by atoms with E-state index in [2.05, 4.69) is 4.98 Å². The third kappa shape index (κ3) is 4.62. The van der Waals surface area contributed by atoms with Crippen LogP contribution >= 0.6 is 11.6 Å². The summed E-state index contributed by atoms with van der Waals surface area (Å²) in [4.78, 5) is 16.0. The lowest BCUT2D eigenvalue weighted by molar-refractivity contribution is 0.0925. The minimum atomic E-state index is -3.91. The summed E-state index contributed by atoms with van der Waals surface area (Å²) in [5, 5.41) is 1.23. The average molecular weight is 475 g/mol. The molecule has 1 aliphatic heterocycles. The van der Waals surface area contributed by atoms with E-state index < -0.39 is 10.0 Å². The molecule has 1 N–H and O–H groups in total. The van der Waals surface area contributed by atoms with E-state index in [1.807, 2.05) is 26.0 Å². The van der Waals surface area contributed by atoms with Crippen LogP contribution < -0.4 is 5.56 Å². The number of rotatable bonds is 6. The van der Waals surface area contributed by atoms with Gasteiger partial charge >= 0.3 is 0 Å². The van der Waals surface area contributed by atoms with Crippen molar-refractivity contribution in [1.29, 1.82) is 0 Å². The summed E-state index contributed by atoms with van der Waals surface area (Å²) in [5.74, 6) is 0. The second-order valence-corrected chi connectivity index (χ2v) is 10.9. The molecule has 1 aliphatic rings. The molecule has 2 heterocycles. The van der Waals surface area contributed by atoms with Crippen molar-refractivity contribution < 1.29 is 13.2 Å². The van der Waals surface area contributed by atoms with Gasteiger partial charge in [-0.25, -0.2) is 8.42 Å². The van der Waals surface area contributed by atoms with Crippen LogP contribution in [-0.4, -0.2) is 37.0 Å². The van der Waals surface area contributed by atoms with E-state index in [-0.39, 0.29) is 29.6 Å². The Bertz CT molecular complexity index is 1330. The number of aromatic amines is 1. The summed E-state index contributed by atoms with van der Waals surface area (Å²) >= 11 is 6.12. The Morgan fingerprint density at radius 1 is 1.12 bits per heavy atom. The molecule has 170 valence electrons. The number of pyridine rings is 1. The molecule has 1 saturated heterocycles. The van der Waals surface area contributed by atoms with Crippen LogP contribution in [0.3, 0.4) is 0 Å². The van der Waals surface area contributed by atoms with Gasteiger partial charge < -0.3 is 9.72 Å². The van der Waals surface area contributed by atoms with Crippen molar-refractivity contribution in [3.8, 4) is 0 Å². The van der Waals surface area contributed by atoms with E-state index >= 15 is 0 Å². The first-order valence-electron chi connectivity index (χ1n) is 10.7. The van der Waals surface area contributed by atoms with Gasteiger partial charge in [0.15, 0.2) is 0 Å². The summed E-state index contributed by atoms with van der Waals surface area (Å²) in [6.45, 7) is 6.42.